The average molecular weight is 147 g/mol. The van der Waals surface area contributed by atoms with Gasteiger partial charge in [-0.05, 0) is 37.1 Å². The van der Waals surface area contributed by atoms with Crippen molar-refractivity contribution in [2.75, 3.05) is 0 Å². The molecule has 1 rings (SSSR count). The molecule has 1 nitrogen and oxygen atoms in total. The Labute approximate surface area is 67.8 Å². The normalized spacial score (nSPS) is 10.7. The molecule has 1 heteroatoms. The van der Waals surface area contributed by atoms with Crippen molar-refractivity contribution in [2.24, 2.45) is 0 Å². The summed E-state index contributed by atoms with van der Waals surface area (Å²) < 4.78 is 0. The van der Waals surface area contributed by atoms with Crippen molar-refractivity contribution >= 4 is 6.08 Å². The Balaban J connectivity index is 2.79. The molecular weight excluding hydrogens is 134 g/mol. The molecule has 0 bridgehead atoms. The van der Waals surface area contributed by atoms with Crippen LogP contribution in [-0.4, -0.2) is 4.98 Å². The molecule has 0 radical (unpaired) electrons. The van der Waals surface area contributed by atoms with Crippen molar-refractivity contribution < 1.29 is 0 Å². The third kappa shape index (κ3) is 2.54. The molecule has 0 amide bonds. The van der Waals surface area contributed by atoms with Gasteiger partial charge >= 0.3 is 0 Å². The van der Waals surface area contributed by atoms with Gasteiger partial charge in [0.25, 0.3) is 0 Å². The van der Waals surface area contributed by atoms with Crippen molar-refractivity contribution in [2.45, 2.75) is 20.3 Å². The summed E-state index contributed by atoms with van der Waals surface area (Å²) in [7, 11) is 0. The van der Waals surface area contributed by atoms with Gasteiger partial charge in [-0.2, -0.15) is 0 Å². The molecule has 1 heterocycles. The van der Waals surface area contributed by atoms with Gasteiger partial charge in [0.1, 0.15) is 0 Å². The summed E-state index contributed by atoms with van der Waals surface area (Å²) in [5, 5.41) is 0. The van der Waals surface area contributed by atoms with Crippen LogP contribution in [0.3, 0.4) is 0 Å². The number of aryl methyl sites for hydroxylation is 1. The predicted molar refractivity (Wildman–Crippen MR) is 48.3 cm³/mol. The molecule has 0 spiro atoms. The zero-order valence-electron chi connectivity index (χ0n) is 7.04. The van der Waals surface area contributed by atoms with Gasteiger partial charge in [0, 0.05) is 6.20 Å². The van der Waals surface area contributed by atoms with Gasteiger partial charge in [-0.25, -0.2) is 0 Å². The van der Waals surface area contributed by atoms with Gasteiger partial charge in [0.15, 0.2) is 0 Å². The Kier molecular flexibility index (Phi) is 2.84. The first kappa shape index (κ1) is 7.99. The molecule has 1 aromatic heterocycles. The molecule has 0 N–H and O–H groups in total. The number of nitrogens with zero attached hydrogens (tertiary/aromatic N) is 1. The van der Waals surface area contributed by atoms with Gasteiger partial charge in [-0.1, -0.05) is 13.0 Å². The molecule has 0 saturated carbocycles. The summed E-state index contributed by atoms with van der Waals surface area (Å²) in [5.74, 6) is 0. The van der Waals surface area contributed by atoms with E-state index in [-0.39, 0.29) is 0 Å². The SMILES string of the molecule is CC/C=C/c1cc(C)ccn1. The van der Waals surface area contributed by atoms with E-state index in [2.05, 4.69) is 31.0 Å². The Bertz CT molecular complexity index is 251. The molecule has 0 unspecified atom stereocenters. The first-order chi connectivity index (χ1) is 5.33. The number of rotatable bonds is 2. The first-order valence-electron chi connectivity index (χ1n) is 3.92. The lowest BCUT2D eigenvalue weighted by molar-refractivity contribution is 1.21. The maximum absolute atomic E-state index is 4.19. The highest BCUT2D eigenvalue weighted by Crippen LogP contribution is 2.01. The minimum atomic E-state index is 1.05. The molecule has 0 aliphatic heterocycles. The summed E-state index contributed by atoms with van der Waals surface area (Å²) in [6.07, 6.45) is 7.06. The topological polar surface area (TPSA) is 12.9 Å². The van der Waals surface area contributed by atoms with Gasteiger partial charge in [0.2, 0.25) is 0 Å². The van der Waals surface area contributed by atoms with E-state index >= 15 is 0 Å². The quantitative estimate of drug-likeness (QED) is 0.626. The maximum Gasteiger partial charge on any atom is 0.0629 e. The molecule has 0 aliphatic rings. The lowest BCUT2D eigenvalue weighted by Crippen LogP contribution is -1.80. The zero-order valence-corrected chi connectivity index (χ0v) is 7.04. The maximum atomic E-state index is 4.19. The number of pyridine rings is 1. The lowest BCUT2D eigenvalue weighted by Gasteiger charge is -1.93. The van der Waals surface area contributed by atoms with Crippen LogP contribution in [-0.2, 0) is 0 Å². The minimum absolute atomic E-state index is 1.05. The summed E-state index contributed by atoms with van der Waals surface area (Å²) in [4.78, 5) is 4.19. The van der Waals surface area contributed by atoms with E-state index in [0.717, 1.165) is 12.1 Å². The van der Waals surface area contributed by atoms with Crippen LogP contribution in [0.4, 0.5) is 0 Å². The second-order valence-electron chi connectivity index (χ2n) is 2.57. The fourth-order valence-corrected chi connectivity index (χ4v) is 0.889. The van der Waals surface area contributed by atoms with Crippen molar-refractivity contribution in [3.05, 3.63) is 35.7 Å². The molecular formula is C10H13N. The third-order valence-corrected chi connectivity index (χ3v) is 1.46. The van der Waals surface area contributed by atoms with Crippen LogP contribution in [0.2, 0.25) is 0 Å². The molecule has 0 aliphatic carbocycles. The molecule has 0 fully saturated rings. The molecule has 11 heavy (non-hydrogen) atoms. The van der Waals surface area contributed by atoms with Crippen molar-refractivity contribution in [1.29, 1.82) is 0 Å². The molecule has 0 atom stereocenters. The van der Waals surface area contributed by atoms with Crippen LogP contribution in [0.25, 0.3) is 6.08 Å². The van der Waals surface area contributed by atoms with Gasteiger partial charge in [-0.3, -0.25) is 4.98 Å². The fraction of sp³-hybridized carbons (Fsp3) is 0.300. The van der Waals surface area contributed by atoms with E-state index in [0.29, 0.717) is 0 Å². The van der Waals surface area contributed by atoms with Crippen LogP contribution < -0.4 is 0 Å². The van der Waals surface area contributed by atoms with E-state index in [9.17, 15) is 0 Å². The Morgan fingerprint density at radius 2 is 2.36 bits per heavy atom. The summed E-state index contributed by atoms with van der Waals surface area (Å²) >= 11 is 0. The van der Waals surface area contributed by atoms with E-state index < -0.39 is 0 Å². The van der Waals surface area contributed by atoms with Crippen molar-refractivity contribution in [3.63, 3.8) is 0 Å². The Morgan fingerprint density at radius 3 is 3.00 bits per heavy atom. The highest BCUT2D eigenvalue weighted by molar-refractivity contribution is 5.44. The monoisotopic (exact) mass is 147 g/mol. The average Bonchev–Trinajstić information content (AvgIpc) is 2.01. The summed E-state index contributed by atoms with van der Waals surface area (Å²) in [6.45, 7) is 4.19. The fourth-order valence-electron chi connectivity index (χ4n) is 0.889. The predicted octanol–water partition coefficient (Wildman–Crippen LogP) is 2.81. The van der Waals surface area contributed by atoms with Crippen LogP contribution >= 0.6 is 0 Å². The summed E-state index contributed by atoms with van der Waals surface area (Å²) in [5.41, 5.74) is 2.31. The number of hydrogen-bond acceptors (Lipinski definition) is 1. The van der Waals surface area contributed by atoms with Crippen LogP contribution in [0.1, 0.15) is 24.6 Å². The standard InChI is InChI=1S/C10H13N/c1-3-4-5-10-8-9(2)6-7-11-10/h4-8H,3H2,1-2H3/b5-4+. The first-order valence-corrected chi connectivity index (χ1v) is 3.92. The van der Waals surface area contributed by atoms with Gasteiger partial charge in [-0.15, -0.1) is 0 Å². The second kappa shape index (κ2) is 3.91. The zero-order chi connectivity index (χ0) is 8.10. The van der Waals surface area contributed by atoms with E-state index in [1.165, 1.54) is 5.56 Å². The number of allylic oxidation sites excluding steroid dienone is 1. The smallest absolute Gasteiger partial charge is 0.0629 e. The lowest BCUT2D eigenvalue weighted by atomic mass is 10.2. The van der Waals surface area contributed by atoms with Crippen LogP contribution in [0.15, 0.2) is 24.4 Å². The van der Waals surface area contributed by atoms with Gasteiger partial charge < -0.3 is 0 Å². The summed E-state index contributed by atoms with van der Waals surface area (Å²) in [6, 6.07) is 4.08. The molecule has 1 aromatic rings. The second-order valence-corrected chi connectivity index (χ2v) is 2.57. The van der Waals surface area contributed by atoms with Crippen molar-refractivity contribution in [1.82, 2.24) is 4.98 Å². The number of hydrogen-bond donors (Lipinski definition) is 0. The van der Waals surface area contributed by atoms with Gasteiger partial charge in [0.05, 0.1) is 5.69 Å². The third-order valence-electron chi connectivity index (χ3n) is 1.46. The van der Waals surface area contributed by atoms with E-state index in [1.54, 1.807) is 0 Å². The highest BCUT2D eigenvalue weighted by Gasteiger charge is 1.86. The highest BCUT2D eigenvalue weighted by atomic mass is 14.6. The number of aromatic nitrogens is 1. The van der Waals surface area contributed by atoms with Crippen LogP contribution in [0.5, 0.6) is 0 Å². The molecule has 58 valence electrons. The Hall–Kier alpha value is -1.11. The van der Waals surface area contributed by atoms with E-state index in [1.807, 2.05) is 18.3 Å². The largest absolute Gasteiger partial charge is 0.257 e. The minimum Gasteiger partial charge on any atom is -0.257 e. The van der Waals surface area contributed by atoms with Crippen LogP contribution in [0, 0.1) is 6.92 Å². The molecule has 0 aromatic carbocycles. The Morgan fingerprint density at radius 1 is 1.55 bits per heavy atom. The molecule has 0 saturated heterocycles. The van der Waals surface area contributed by atoms with Crippen molar-refractivity contribution in [3.8, 4) is 0 Å². The van der Waals surface area contributed by atoms with E-state index in [4.69, 9.17) is 0 Å².